The second kappa shape index (κ2) is 6.01. The van der Waals surface area contributed by atoms with Crippen LogP contribution < -0.4 is 4.90 Å². The molecule has 0 bridgehead atoms. The lowest BCUT2D eigenvalue weighted by molar-refractivity contribution is 0.402. The van der Waals surface area contributed by atoms with Crippen LogP contribution in [0, 0.1) is 11.7 Å². The first-order chi connectivity index (χ1) is 8.20. The average molecular weight is 322 g/mol. The summed E-state index contributed by atoms with van der Waals surface area (Å²) in [7, 11) is 0. The molecule has 1 unspecified atom stereocenters. The summed E-state index contributed by atoms with van der Waals surface area (Å²) in [5.41, 5.74) is 0. The molecular formula is C12H15BrClFN2. The van der Waals surface area contributed by atoms with E-state index in [0.717, 1.165) is 31.3 Å². The van der Waals surface area contributed by atoms with Gasteiger partial charge in [-0.1, -0.05) is 27.5 Å². The van der Waals surface area contributed by atoms with E-state index in [2.05, 4.69) is 20.9 Å². The highest BCUT2D eigenvalue weighted by atomic mass is 79.9. The first-order valence-electron chi connectivity index (χ1n) is 5.82. The van der Waals surface area contributed by atoms with E-state index in [4.69, 9.17) is 11.6 Å². The Morgan fingerprint density at radius 2 is 2.41 bits per heavy atom. The number of hydrogen-bond acceptors (Lipinski definition) is 2. The number of halogens is 3. The molecule has 2 nitrogen and oxygen atoms in total. The van der Waals surface area contributed by atoms with Crippen LogP contribution in [0.2, 0.25) is 5.02 Å². The summed E-state index contributed by atoms with van der Waals surface area (Å²) >= 11 is 9.17. The van der Waals surface area contributed by atoms with Crippen LogP contribution in [-0.4, -0.2) is 23.4 Å². The second-order valence-corrected chi connectivity index (χ2v) is 5.62. The Bertz CT molecular complexity index is 387. The molecule has 1 aliphatic rings. The van der Waals surface area contributed by atoms with Crippen molar-refractivity contribution in [2.45, 2.75) is 19.3 Å². The van der Waals surface area contributed by atoms with Crippen LogP contribution >= 0.6 is 27.5 Å². The zero-order chi connectivity index (χ0) is 12.3. The highest BCUT2D eigenvalue weighted by Gasteiger charge is 2.22. The highest BCUT2D eigenvalue weighted by molar-refractivity contribution is 9.09. The molecule has 1 atom stereocenters. The third-order valence-corrected chi connectivity index (χ3v) is 3.79. The Labute approximate surface area is 114 Å². The normalized spacial score (nSPS) is 20.6. The Morgan fingerprint density at radius 3 is 3.12 bits per heavy atom. The van der Waals surface area contributed by atoms with E-state index in [1.165, 1.54) is 18.7 Å². The molecule has 1 saturated heterocycles. The Hall–Kier alpha value is -0.350. The number of alkyl halides is 1. The number of piperidine rings is 1. The second-order valence-electron chi connectivity index (χ2n) is 4.39. The molecule has 2 heterocycles. The average Bonchev–Trinajstić information content (AvgIpc) is 2.29. The Morgan fingerprint density at radius 1 is 1.59 bits per heavy atom. The number of anilines is 1. The van der Waals surface area contributed by atoms with Crippen LogP contribution in [0.25, 0.3) is 0 Å². The van der Waals surface area contributed by atoms with Crippen LogP contribution in [-0.2, 0) is 0 Å². The number of hydrogen-bond donors (Lipinski definition) is 0. The summed E-state index contributed by atoms with van der Waals surface area (Å²) < 4.78 is 13.8. The lowest BCUT2D eigenvalue weighted by Crippen LogP contribution is -2.36. The van der Waals surface area contributed by atoms with E-state index in [-0.39, 0.29) is 5.82 Å². The fourth-order valence-electron chi connectivity index (χ4n) is 2.29. The van der Waals surface area contributed by atoms with Crippen LogP contribution in [0.1, 0.15) is 19.3 Å². The number of rotatable bonds is 3. The zero-order valence-corrected chi connectivity index (χ0v) is 11.8. The van der Waals surface area contributed by atoms with Gasteiger partial charge in [0.25, 0.3) is 0 Å². The fourth-order valence-corrected chi connectivity index (χ4v) is 3.08. The van der Waals surface area contributed by atoms with Gasteiger partial charge in [-0.15, -0.1) is 0 Å². The first kappa shape index (κ1) is 13.1. The SMILES string of the molecule is Fc1cc(Cl)cnc1N1CCCC(CCBr)C1. The third kappa shape index (κ3) is 3.32. The van der Waals surface area contributed by atoms with Crippen LogP contribution in [0.15, 0.2) is 12.3 Å². The van der Waals surface area contributed by atoms with E-state index in [1.54, 1.807) is 0 Å². The molecule has 2 rings (SSSR count). The summed E-state index contributed by atoms with van der Waals surface area (Å²) in [6.07, 6.45) is 4.96. The topological polar surface area (TPSA) is 16.1 Å². The standard InChI is InChI=1S/C12H15BrClFN2/c13-4-3-9-2-1-5-17(8-9)12-11(15)6-10(14)7-16-12/h6-7,9H,1-5,8H2. The molecule has 5 heteroatoms. The van der Waals surface area contributed by atoms with Gasteiger partial charge in [-0.05, 0) is 31.2 Å². The molecule has 0 amide bonds. The lowest BCUT2D eigenvalue weighted by Gasteiger charge is -2.33. The predicted molar refractivity (Wildman–Crippen MR) is 72.6 cm³/mol. The third-order valence-electron chi connectivity index (χ3n) is 3.12. The molecule has 94 valence electrons. The summed E-state index contributed by atoms with van der Waals surface area (Å²) in [6.45, 7) is 1.77. The van der Waals surface area contributed by atoms with Crippen molar-refractivity contribution in [3.8, 4) is 0 Å². The van der Waals surface area contributed by atoms with E-state index in [1.807, 2.05) is 4.90 Å². The van der Waals surface area contributed by atoms with Gasteiger partial charge in [-0.2, -0.15) is 0 Å². The van der Waals surface area contributed by atoms with Gasteiger partial charge < -0.3 is 4.90 Å². The summed E-state index contributed by atoms with van der Waals surface area (Å²) in [6, 6.07) is 1.33. The fraction of sp³-hybridized carbons (Fsp3) is 0.583. The van der Waals surface area contributed by atoms with Gasteiger partial charge in [0, 0.05) is 24.6 Å². The number of nitrogens with zero attached hydrogens (tertiary/aromatic N) is 2. The predicted octanol–water partition coefficient (Wildman–Crippen LogP) is 3.88. The van der Waals surface area contributed by atoms with E-state index >= 15 is 0 Å². The maximum atomic E-state index is 13.8. The number of aromatic nitrogens is 1. The van der Waals surface area contributed by atoms with Crippen molar-refractivity contribution >= 4 is 33.3 Å². The van der Waals surface area contributed by atoms with Crippen molar-refractivity contribution in [2.24, 2.45) is 5.92 Å². The molecular weight excluding hydrogens is 307 g/mol. The minimum absolute atomic E-state index is 0.322. The van der Waals surface area contributed by atoms with Crippen molar-refractivity contribution in [1.29, 1.82) is 0 Å². The van der Waals surface area contributed by atoms with E-state index < -0.39 is 0 Å². The Balaban J connectivity index is 2.10. The van der Waals surface area contributed by atoms with E-state index in [0.29, 0.717) is 16.8 Å². The van der Waals surface area contributed by atoms with Gasteiger partial charge >= 0.3 is 0 Å². The molecule has 0 N–H and O–H groups in total. The zero-order valence-electron chi connectivity index (χ0n) is 9.50. The maximum absolute atomic E-state index is 13.8. The van der Waals surface area contributed by atoms with Crippen LogP contribution in [0.5, 0.6) is 0 Å². The summed E-state index contributed by atoms with van der Waals surface area (Å²) in [5.74, 6) is 0.741. The van der Waals surface area contributed by atoms with Crippen molar-refractivity contribution < 1.29 is 4.39 Å². The summed E-state index contributed by atoms with van der Waals surface area (Å²) in [5, 5.41) is 1.35. The first-order valence-corrected chi connectivity index (χ1v) is 7.32. The Kier molecular flexibility index (Phi) is 4.62. The van der Waals surface area contributed by atoms with Gasteiger partial charge in [0.05, 0.1) is 5.02 Å². The van der Waals surface area contributed by atoms with Gasteiger partial charge in [0.1, 0.15) is 0 Å². The molecule has 0 aromatic carbocycles. The van der Waals surface area contributed by atoms with Gasteiger partial charge in [-0.3, -0.25) is 0 Å². The number of pyridine rings is 1. The minimum Gasteiger partial charge on any atom is -0.354 e. The van der Waals surface area contributed by atoms with Crippen molar-refractivity contribution in [2.75, 3.05) is 23.3 Å². The molecule has 0 radical (unpaired) electrons. The van der Waals surface area contributed by atoms with Gasteiger partial charge in [0.2, 0.25) is 0 Å². The van der Waals surface area contributed by atoms with Gasteiger partial charge in [0.15, 0.2) is 11.6 Å². The van der Waals surface area contributed by atoms with Crippen LogP contribution in [0.4, 0.5) is 10.2 Å². The van der Waals surface area contributed by atoms with E-state index in [9.17, 15) is 4.39 Å². The highest BCUT2D eigenvalue weighted by Crippen LogP contribution is 2.26. The van der Waals surface area contributed by atoms with Crippen molar-refractivity contribution in [1.82, 2.24) is 4.98 Å². The van der Waals surface area contributed by atoms with Gasteiger partial charge in [-0.25, -0.2) is 9.37 Å². The monoisotopic (exact) mass is 320 g/mol. The smallest absolute Gasteiger partial charge is 0.167 e. The molecule has 0 aliphatic carbocycles. The quantitative estimate of drug-likeness (QED) is 0.786. The molecule has 0 spiro atoms. The maximum Gasteiger partial charge on any atom is 0.167 e. The summed E-state index contributed by atoms with van der Waals surface area (Å²) in [4.78, 5) is 6.13. The van der Waals surface area contributed by atoms with Crippen molar-refractivity contribution in [3.05, 3.63) is 23.1 Å². The minimum atomic E-state index is -0.322. The lowest BCUT2D eigenvalue weighted by atomic mass is 9.96. The van der Waals surface area contributed by atoms with Crippen LogP contribution in [0.3, 0.4) is 0 Å². The molecule has 1 aliphatic heterocycles. The molecule has 1 aromatic rings. The molecule has 0 saturated carbocycles. The molecule has 17 heavy (non-hydrogen) atoms. The van der Waals surface area contributed by atoms with Crippen molar-refractivity contribution in [3.63, 3.8) is 0 Å². The largest absolute Gasteiger partial charge is 0.354 e. The molecule has 1 fully saturated rings. The molecule has 1 aromatic heterocycles.